The Morgan fingerprint density at radius 1 is 0.755 bits per heavy atom. The number of benzene rings is 4. The van der Waals surface area contributed by atoms with Crippen molar-refractivity contribution in [1.29, 1.82) is 0 Å². The molecule has 0 amide bonds. The smallest absolute Gasteiger partial charge is 0.0798 e. The molecule has 1 saturated carbocycles. The van der Waals surface area contributed by atoms with Crippen LogP contribution in [0.25, 0.3) is 53.8 Å². The first-order chi connectivity index (χ1) is 25.2. The molecule has 1 aliphatic carbocycles. The summed E-state index contributed by atoms with van der Waals surface area (Å²) in [4.78, 5) is 9.47. The zero-order valence-corrected chi connectivity index (χ0v) is 35.9. The molecule has 0 atom stereocenters. The number of pyridine rings is 2. The van der Waals surface area contributed by atoms with Gasteiger partial charge in [-0.15, -0.1) is 59.7 Å². The molecule has 5 heteroatoms. The summed E-state index contributed by atoms with van der Waals surface area (Å²) in [6.45, 7) is 11.7. The van der Waals surface area contributed by atoms with Crippen LogP contribution in [0.1, 0.15) is 57.1 Å². The van der Waals surface area contributed by atoms with E-state index < -0.39 is 8.07 Å². The molecule has 0 bridgehead atoms. The summed E-state index contributed by atoms with van der Waals surface area (Å²) in [5, 5.41) is 4.11. The van der Waals surface area contributed by atoms with E-state index in [1.54, 1.807) is 0 Å². The summed E-state index contributed by atoms with van der Waals surface area (Å²) in [6.07, 6.45) is 13.3. The normalized spacial score (nSPS) is 13.5. The van der Waals surface area contributed by atoms with Crippen molar-refractivity contribution < 1.29 is 20.1 Å². The van der Waals surface area contributed by atoms with E-state index in [0.29, 0.717) is 5.92 Å². The molecule has 1 fully saturated rings. The zero-order valence-electron chi connectivity index (χ0n) is 31.7. The van der Waals surface area contributed by atoms with Gasteiger partial charge in [-0.3, -0.25) is 0 Å². The van der Waals surface area contributed by atoms with Gasteiger partial charge >= 0.3 is 0 Å². The van der Waals surface area contributed by atoms with Crippen LogP contribution in [0.15, 0.2) is 116 Å². The number of thiophene rings is 1. The van der Waals surface area contributed by atoms with Gasteiger partial charge in [0.1, 0.15) is 0 Å². The van der Waals surface area contributed by atoms with Crippen LogP contribution in [0.3, 0.4) is 0 Å². The first kappa shape index (κ1) is 39.0. The van der Waals surface area contributed by atoms with Gasteiger partial charge in [-0.25, -0.2) is 0 Å². The maximum absolute atomic E-state index is 4.78. The van der Waals surface area contributed by atoms with Crippen LogP contribution in [0.4, 0.5) is 0 Å². The summed E-state index contributed by atoms with van der Waals surface area (Å²) in [6, 6.07) is 43.3. The third-order valence-electron chi connectivity index (χ3n) is 10.3. The van der Waals surface area contributed by atoms with E-state index in [1.807, 2.05) is 35.7 Å². The average molecular weight is 907 g/mol. The number of nitrogens with zero attached hydrogens (tertiary/aromatic N) is 2. The molecule has 4 aromatic carbocycles. The maximum atomic E-state index is 4.78. The van der Waals surface area contributed by atoms with E-state index in [4.69, 9.17) is 4.98 Å². The fourth-order valence-electron chi connectivity index (χ4n) is 7.74. The van der Waals surface area contributed by atoms with Gasteiger partial charge in [-0.1, -0.05) is 143 Å². The number of hydrogen-bond acceptors (Lipinski definition) is 3. The third-order valence-corrected chi connectivity index (χ3v) is 13.6. The number of aromatic nitrogens is 2. The summed E-state index contributed by atoms with van der Waals surface area (Å²) in [7, 11) is -1.34. The molecular formula is C48H50IrN2SSi-2. The van der Waals surface area contributed by atoms with E-state index in [2.05, 4.69) is 142 Å². The second kappa shape index (κ2) is 17.6. The van der Waals surface area contributed by atoms with Gasteiger partial charge in [0.25, 0.3) is 0 Å². The van der Waals surface area contributed by atoms with Crippen LogP contribution in [-0.2, 0) is 32.9 Å². The second-order valence-corrected chi connectivity index (χ2v) is 21.9. The molecule has 7 aromatic rings. The molecule has 3 heterocycles. The van der Waals surface area contributed by atoms with Gasteiger partial charge in [0.2, 0.25) is 0 Å². The Bertz CT molecular complexity index is 2250. The molecular weight excluding hydrogens is 857 g/mol. The Hall–Kier alpha value is -3.73. The van der Waals surface area contributed by atoms with Crippen molar-refractivity contribution in [3.05, 3.63) is 139 Å². The summed E-state index contributed by atoms with van der Waals surface area (Å²) < 4.78 is 2.63. The first-order valence-electron chi connectivity index (χ1n) is 19.1. The number of rotatable bonds is 8. The van der Waals surface area contributed by atoms with Crippen molar-refractivity contribution >= 4 is 44.8 Å². The monoisotopic (exact) mass is 907 g/mol. The quantitative estimate of drug-likeness (QED) is 0.112. The van der Waals surface area contributed by atoms with Gasteiger partial charge in [0, 0.05) is 37.2 Å². The van der Waals surface area contributed by atoms with Crippen molar-refractivity contribution in [1.82, 2.24) is 9.97 Å². The fraction of sp³-hybridized carbons (Fsp3) is 0.292. The summed E-state index contributed by atoms with van der Waals surface area (Å²) in [5.74, 6) is 1.50. The molecule has 1 radical (unpaired) electrons. The Balaban J connectivity index is 0.000000199. The van der Waals surface area contributed by atoms with Crippen LogP contribution in [0.5, 0.6) is 0 Å². The van der Waals surface area contributed by atoms with Gasteiger partial charge in [0.05, 0.1) is 8.07 Å². The third kappa shape index (κ3) is 9.32. The van der Waals surface area contributed by atoms with Crippen LogP contribution >= 0.6 is 11.3 Å². The fourth-order valence-corrected chi connectivity index (χ4v) is 10.7. The van der Waals surface area contributed by atoms with E-state index in [1.165, 1.54) is 86.1 Å². The van der Waals surface area contributed by atoms with Gasteiger partial charge in [-0.2, -0.15) is 11.3 Å². The Morgan fingerprint density at radius 3 is 2.26 bits per heavy atom. The van der Waals surface area contributed by atoms with E-state index >= 15 is 0 Å². The van der Waals surface area contributed by atoms with Gasteiger partial charge < -0.3 is 9.97 Å². The number of hydrogen-bond donors (Lipinski definition) is 0. The van der Waals surface area contributed by atoms with E-state index in [-0.39, 0.29) is 20.1 Å². The predicted molar refractivity (Wildman–Crippen MR) is 227 cm³/mol. The molecule has 8 rings (SSSR count). The molecule has 0 spiro atoms. The molecule has 0 unspecified atom stereocenters. The maximum Gasteiger partial charge on any atom is 0.0798 e. The standard InChI is InChI=1S/C30H26NS.C18H24NSi.Ir/c1-3-9-21(10-4-1)19-22-17-18-31-28(20-22)27-16-8-15-26-25-14-7-13-24(29(25)32-30(26)27)23-11-5-2-6-12-23;1-14(2)11-16-12-17(15-9-7-6-8-10-15)19-13-18(16)20(3,4)5;/h2,5-8,11-15,17-18,20-21H,1,3-4,9-10,19H2;6-9,12-14H,11H2,1-5H3;/q2*-1;. The molecule has 2 nitrogen and oxygen atoms in total. The number of fused-ring (bicyclic) bond motifs is 3. The van der Waals surface area contributed by atoms with Crippen molar-refractivity contribution in [2.24, 2.45) is 11.8 Å². The first-order valence-corrected chi connectivity index (χ1v) is 23.4. The molecule has 0 N–H and O–H groups in total. The van der Waals surface area contributed by atoms with Crippen LogP contribution in [0.2, 0.25) is 19.6 Å². The van der Waals surface area contributed by atoms with E-state index in [0.717, 1.165) is 34.9 Å². The van der Waals surface area contributed by atoms with E-state index in [9.17, 15) is 0 Å². The SMILES string of the molecule is CC(C)Cc1cc(-c2[c-]cccc2)ncc1[Si](C)(C)C.[Ir].[c-]1ccc2c(sc3c(-c4ccccc4)cccc32)c1-c1cc(CC2CCCCC2)ccn1. The second-order valence-electron chi connectivity index (χ2n) is 15.9. The minimum atomic E-state index is -1.34. The minimum Gasteiger partial charge on any atom is -0.305 e. The molecule has 0 aliphatic heterocycles. The molecule has 0 saturated heterocycles. The molecule has 1 aliphatic rings. The molecule has 273 valence electrons. The summed E-state index contributed by atoms with van der Waals surface area (Å²) >= 11 is 1.87. The Labute approximate surface area is 335 Å². The molecule has 53 heavy (non-hydrogen) atoms. The molecule has 3 aromatic heterocycles. The Morgan fingerprint density at radius 2 is 1.53 bits per heavy atom. The largest absolute Gasteiger partial charge is 0.305 e. The van der Waals surface area contributed by atoms with Crippen molar-refractivity contribution in [2.75, 3.05) is 0 Å². The summed E-state index contributed by atoms with van der Waals surface area (Å²) in [5.41, 5.74) is 9.77. The van der Waals surface area contributed by atoms with Gasteiger partial charge in [0.15, 0.2) is 0 Å². The Kier molecular flexibility index (Phi) is 12.9. The topological polar surface area (TPSA) is 25.8 Å². The van der Waals surface area contributed by atoms with Crippen molar-refractivity contribution in [2.45, 2.75) is 78.4 Å². The van der Waals surface area contributed by atoms with Crippen LogP contribution < -0.4 is 5.19 Å². The van der Waals surface area contributed by atoms with Crippen LogP contribution in [0, 0.1) is 24.0 Å². The van der Waals surface area contributed by atoms with Crippen molar-refractivity contribution in [3.8, 4) is 33.6 Å². The van der Waals surface area contributed by atoms with Gasteiger partial charge in [-0.05, 0) is 68.5 Å². The average Bonchev–Trinajstić information content (AvgIpc) is 3.55. The zero-order chi connectivity index (χ0) is 36.1. The van der Waals surface area contributed by atoms with Crippen molar-refractivity contribution in [3.63, 3.8) is 0 Å². The predicted octanol–water partition coefficient (Wildman–Crippen LogP) is 13.0. The minimum absolute atomic E-state index is 0. The van der Waals surface area contributed by atoms with Crippen LogP contribution in [-0.4, -0.2) is 18.0 Å².